The largest absolute Gasteiger partial charge is 0.465 e. The van der Waals surface area contributed by atoms with Gasteiger partial charge in [0.15, 0.2) is 0 Å². The maximum absolute atomic E-state index is 11.9. The summed E-state index contributed by atoms with van der Waals surface area (Å²) in [6.07, 6.45) is 0. The first-order valence-corrected chi connectivity index (χ1v) is 6.62. The first-order valence-electron chi connectivity index (χ1n) is 5.38. The molecule has 0 unspecified atom stereocenters. The average Bonchev–Trinajstić information content (AvgIpc) is 2.72. The summed E-state index contributed by atoms with van der Waals surface area (Å²) in [6.45, 7) is 2.24. The molecule has 1 heterocycles. The minimum atomic E-state index is -0.165. The molecule has 0 saturated carbocycles. The van der Waals surface area contributed by atoms with Crippen LogP contribution in [-0.2, 0) is 6.54 Å². The lowest BCUT2D eigenvalue weighted by atomic mass is 10.2. The van der Waals surface area contributed by atoms with E-state index >= 15 is 0 Å². The van der Waals surface area contributed by atoms with E-state index in [0.717, 1.165) is 16.0 Å². The molecule has 0 atom stereocenters. The molecule has 0 fully saturated rings. The molecule has 5 heteroatoms. The predicted octanol–water partition coefficient (Wildman–Crippen LogP) is 3.57. The van der Waals surface area contributed by atoms with E-state index in [1.807, 2.05) is 25.1 Å². The Labute approximate surface area is 119 Å². The Hall–Kier alpha value is -1.20. The molecular formula is C13H12BrNO2S. The van der Waals surface area contributed by atoms with Crippen LogP contribution in [0.2, 0.25) is 0 Å². The number of furan rings is 1. The summed E-state index contributed by atoms with van der Waals surface area (Å²) in [6, 6.07) is 9.04. The van der Waals surface area contributed by atoms with Gasteiger partial charge in [0.1, 0.15) is 11.5 Å². The van der Waals surface area contributed by atoms with E-state index in [0.29, 0.717) is 17.0 Å². The summed E-state index contributed by atoms with van der Waals surface area (Å²) in [5.74, 6) is 1.40. The zero-order valence-corrected chi connectivity index (χ0v) is 12.2. The summed E-state index contributed by atoms with van der Waals surface area (Å²) >= 11 is 7.61. The summed E-state index contributed by atoms with van der Waals surface area (Å²) < 4.78 is 6.27. The van der Waals surface area contributed by atoms with Gasteiger partial charge in [-0.05, 0) is 37.3 Å². The van der Waals surface area contributed by atoms with Crippen LogP contribution in [0.4, 0.5) is 0 Å². The maximum atomic E-state index is 11.9. The van der Waals surface area contributed by atoms with Gasteiger partial charge in [-0.25, -0.2) is 0 Å². The van der Waals surface area contributed by atoms with Gasteiger partial charge in [-0.3, -0.25) is 4.79 Å². The van der Waals surface area contributed by atoms with E-state index < -0.39 is 0 Å². The Morgan fingerprint density at radius 2 is 2.17 bits per heavy atom. The lowest BCUT2D eigenvalue weighted by molar-refractivity contribution is 0.0945. The predicted molar refractivity (Wildman–Crippen MR) is 76.0 cm³/mol. The molecule has 2 aromatic rings. The number of hydrogen-bond donors (Lipinski definition) is 2. The number of carbonyl (C=O) groups is 1. The fraction of sp³-hybridized carbons (Fsp3) is 0.154. The Balaban J connectivity index is 2.03. The van der Waals surface area contributed by atoms with Crippen LogP contribution in [0.5, 0.6) is 0 Å². The number of carbonyl (C=O) groups excluding carboxylic acids is 1. The van der Waals surface area contributed by atoms with Gasteiger partial charge < -0.3 is 9.73 Å². The van der Waals surface area contributed by atoms with Crippen molar-refractivity contribution in [1.82, 2.24) is 5.32 Å². The molecule has 1 N–H and O–H groups in total. The lowest BCUT2D eigenvalue weighted by Crippen LogP contribution is -2.22. The van der Waals surface area contributed by atoms with E-state index in [9.17, 15) is 4.79 Å². The second kappa shape index (κ2) is 5.63. The van der Waals surface area contributed by atoms with Crippen molar-refractivity contribution in [2.45, 2.75) is 18.4 Å². The van der Waals surface area contributed by atoms with Crippen LogP contribution in [0.3, 0.4) is 0 Å². The van der Waals surface area contributed by atoms with Crippen molar-refractivity contribution in [2.24, 2.45) is 0 Å². The number of rotatable bonds is 3. The number of thiol groups is 1. The first kappa shape index (κ1) is 13.2. The Bertz CT molecular complexity index is 580. The van der Waals surface area contributed by atoms with Crippen molar-refractivity contribution in [3.05, 3.63) is 51.9 Å². The van der Waals surface area contributed by atoms with Crippen LogP contribution in [0.1, 0.15) is 21.9 Å². The minimum absolute atomic E-state index is 0.165. The van der Waals surface area contributed by atoms with E-state index in [2.05, 4.69) is 33.9 Å². The SMILES string of the molecule is Cc1ccc(CNC(=O)c2ccc(Br)cc2S)o1. The summed E-state index contributed by atoms with van der Waals surface area (Å²) in [7, 11) is 0. The highest BCUT2D eigenvalue weighted by molar-refractivity contribution is 9.10. The molecule has 1 aromatic heterocycles. The van der Waals surface area contributed by atoms with Gasteiger partial charge in [0.05, 0.1) is 12.1 Å². The van der Waals surface area contributed by atoms with Gasteiger partial charge in [-0.2, -0.15) is 0 Å². The fourth-order valence-electron chi connectivity index (χ4n) is 1.54. The van der Waals surface area contributed by atoms with Crippen molar-refractivity contribution < 1.29 is 9.21 Å². The minimum Gasteiger partial charge on any atom is -0.465 e. The van der Waals surface area contributed by atoms with Gasteiger partial charge in [-0.1, -0.05) is 15.9 Å². The topological polar surface area (TPSA) is 42.2 Å². The van der Waals surface area contributed by atoms with Crippen LogP contribution in [0.25, 0.3) is 0 Å². The van der Waals surface area contributed by atoms with Crippen LogP contribution in [0.15, 0.2) is 44.1 Å². The smallest absolute Gasteiger partial charge is 0.252 e. The number of amides is 1. The zero-order valence-electron chi connectivity index (χ0n) is 9.74. The third-order valence-electron chi connectivity index (χ3n) is 2.42. The van der Waals surface area contributed by atoms with E-state index in [4.69, 9.17) is 4.42 Å². The van der Waals surface area contributed by atoms with E-state index in [1.165, 1.54) is 0 Å². The monoisotopic (exact) mass is 325 g/mol. The molecule has 2 rings (SSSR count). The molecule has 3 nitrogen and oxygen atoms in total. The van der Waals surface area contributed by atoms with E-state index in [-0.39, 0.29) is 5.91 Å². The standard InChI is InChI=1S/C13H12BrNO2S/c1-8-2-4-10(17-8)7-15-13(16)11-5-3-9(14)6-12(11)18/h2-6,18H,7H2,1H3,(H,15,16). The Morgan fingerprint density at radius 1 is 1.39 bits per heavy atom. The van der Waals surface area contributed by atoms with Crippen molar-refractivity contribution in [3.8, 4) is 0 Å². The second-order valence-corrected chi connectivity index (χ2v) is 5.25. The number of hydrogen-bond acceptors (Lipinski definition) is 3. The Morgan fingerprint density at radius 3 is 2.78 bits per heavy atom. The van der Waals surface area contributed by atoms with Gasteiger partial charge in [0, 0.05) is 9.37 Å². The van der Waals surface area contributed by atoms with Crippen molar-refractivity contribution >= 4 is 34.5 Å². The normalized spacial score (nSPS) is 10.4. The Kier molecular flexibility index (Phi) is 4.14. The summed E-state index contributed by atoms with van der Waals surface area (Å²) in [5.41, 5.74) is 0.546. The molecule has 1 amide bonds. The van der Waals surface area contributed by atoms with Crippen molar-refractivity contribution in [1.29, 1.82) is 0 Å². The highest BCUT2D eigenvalue weighted by Gasteiger charge is 2.10. The molecule has 1 aromatic carbocycles. The second-order valence-electron chi connectivity index (χ2n) is 3.86. The molecule has 0 aliphatic carbocycles. The third kappa shape index (κ3) is 3.17. The van der Waals surface area contributed by atoms with Gasteiger partial charge >= 0.3 is 0 Å². The molecule has 0 aliphatic rings. The number of aryl methyl sites for hydroxylation is 1. The highest BCUT2D eigenvalue weighted by atomic mass is 79.9. The molecule has 94 valence electrons. The van der Waals surface area contributed by atoms with Crippen LogP contribution in [0, 0.1) is 6.92 Å². The number of halogens is 1. The van der Waals surface area contributed by atoms with Crippen LogP contribution in [-0.4, -0.2) is 5.91 Å². The van der Waals surface area contributed by atoms with Crippen molar-refractivity contribution in [3.63, 3.8) is 0 Å². The molecule has 18 heavy (non-hydrogen) atoms. The summed E-state index contributed by atoms with van der Waals surface area (Å²) in [4.78, 5) is 12.6. The van der Waals surface area contributed by atoms with Crippen molar-refractivity contribution in [2.75, 3.05) is 0 Å². The molecule has 0 radical (unpaired) electrons. The first-order chi connectivity index (χ1) is 8.56. The number of nitrogens with one attached hydrogen (secondary N) is 1. The summed E-state index contributed by atoms with van der Waals surface area (Å²) in [5, 5.41) is 2.79. The quantitative estimate of drug-likeness (QED) is 0.847. The fourth-order valence-corrected chi connectivity index (χ4v) is 2.39. The van der Waals surface area contributed by atoms with E-state index in [1.54, 1.807) is 12.1 Å². The zero-order chi connectivity index (χ0) is 13.1. The van der Waals surface area contributed by atoms with Gasteiger partial charge in [-0.15, -0.1) is 12.6 Å². The molecule has 0 spiro atoms. The molecule has 0 bridgehead atoms. The van der Waals surface area contributed by atoms with Gasteiger partial charge in [0.25, 0.3) is 5.91 Å². The maximum Gasteiger partial charge on any atom is 0.252 e. The molecule has 0 aliphatic heterocycles. The molecule has 0 saturated heterocycles. The highest BCUT2D eigenvalue weighted by Crippen LogP contribution is 2.19. The third-order valence-corrected chi connectivity index (χ3v) is 3.29. The number of benzene rings is 1. The van der Waals surface area contributed by atoms with Crippen LogP contribution < -0.4 is 5.32 Å². The average molecular weight is 326 g/mol. The van der Waals surface area contributed by atoms with Gasteiger partial charge in [0.2, 0.25) is 0 Å². The van der Waals surface area contributed by atoms with Crippen LogP contribution >= 0.6 is 28.6 Å². The molecular weight excluding hydrogens is 314 g/mol. The lowest BCUT2D eigenvalue weighted by Gasteiger charge is -2.06.